The first-order valence-corrected chi connectivity index (χ1v) is 7.35. The average molecular weight is 307 g/mol. The van der Waals surface area contributed by atoms with E-state index < -0.39 is 0 Å². The Balaban J connectivity index is 1.68. The van der Waals surface area contributed by atoms with Crippen LogP contribution in [0.4, 0.5) is 4.39 Å². The molecule has 5 nitrogen and oxygen atoms in total. The van der Waals surface area contributed by atoms with Crippen molar-refractivity contribution in [1.82, 2.24) is 24.5 Å². The van der Waals surface area contributed by atoms with Crippen LogP contribution in [0.2, 0.25) is 0 Å². The second-order valence-corrected chi connectivity index (χ2v) is 5.28. The lowest BCUT2D eigenvalue weighted by molar-refractivity contribution is 0.636. The molecule has 0 saturated carbocycles. The van der Waals surface area contributed by atoms with E-state index in [9.17, 15) is 4.39 Å². The van der Waals surface area contributed by atoms with Crippen LogP contribution in [0.5, 0.6) is 0 Å². The maximum absolute atomic E-state index is 13.9. The third kappa shape index (κ3) is 2.59. The van der Waals surface area contributed by atoms with Gasteiger partial charge >= 0.3 is 0 Å². The number of rotatable bonds is 4. The smallest absolute Gasteiger partial charge is 0.158 e. The molecular weight excluding hydrogens is 293 g/mol. The zero-order chi connectivity index (χ0) is 15.6. The average Bonchev–Trinajstić information content (AvgIpc) is 3.24. The van der Waals surface area contributed by atoms with Crippen molar-refractivity contribution in [2.75, 3.05) is 0 Å². The molecule has 0 atom stereocenters. The molecule has 0 bridgehead atoms. The van der Waals surface area contributed by atoms with Crippen LogP contribution in [0.15, 0.2) is 55.2 Å². The van der Waals surface area contributed by atoms with E-state index in [1.807, 2.05) is 29.0 Å². The highest BCUT2D eigenvalue weighted by Crippen LogP contribution is 2.21. The van der Waals surface area contributed by atoms with Crippen LogP contribution in [-0.2, 0) is 13.0 Å². The van der Waals surface area contributed by atoms with Gasteiger partial charge in [0.15, 0.2) is 5.82 Å². The Morgan fingerprint density at radius 2 is 2.13 bits per heavy atom. The number of H-pyrrole nitrogens is 1. The van der Waals surface area contributed by atoms with E-state index in [4.69, 9.17) is 0 Å². The number of fused-ring (bicyclic) bond motifs is 1. The van der Waals surface area contributed by atoms with Gasteiger partial charge in [-0.15, -0.1) is 0 Å². The van der Waals surface area contributed by atoms with Gasteiger partial charge in [-0.05, 0) is 12.1 Å². The predicted octanol–water partition coefficient (Wildman–Crippen LogP) is 3.20. The Morgan fingerprint density at radius 1 is 1.17 bits per heavy atom. The molecule has 0 radical (unpaired) electrons. The zero-order valence-electron chi connectivity index (χ0n) is 12.3. The minimum Gasteiger partial charge on any atom is -0.348 e. The monoisotopic (exact) mass is 307 g/mol. The van der Waals surface area contributed by atoms with Crippen LogP contribution < -0.4 is 0 Å². The van der Waals surface area contributed by atoms with Gasteiger partial charge in [-0.2, -0.15) is 0 Å². The summed E-state index contributed by atoms with van der Waals surface area (Å²) in [6, 6.07) is 8.69. The number of nitrogens with zero attached hydrogens (tertiary/aromatic N) is 4. The minimum absolute atomic E-state index is 0.320. The van der Waals surface area contributed by atoms with Gasteiger partial charge in [-0.25, -0.2) is 19.3 Å². The molecule has 114 valence electrons. The summed E-state index contributed by atoms with van der Waals surface area (Å²) >= 11 is 0. The fraction of sp³-hybridized carbons (Fsp3) is 0.118. The van der Waals surface area contributed by atoms with Gasteiger partial charge in [0.1, 0.15) is 17.0 Å². The van der Waals surface area contributed by atoms with Gasteiger partial charge in [-0.3, -0.25) is 0 Å². The van der Waals surface area contributed by atoms with Crippen molar-refractivity contribution in [3.05, 3.63) is 66.8 Å². The number of imidazole rings is 2. The Morgan fingerprint density at radius 3 is 3.00 bits per heavy atom. The van der Waals surface area contributed by atoms with Crippen molar-refractivity contribution in [3.8, 4) is 11.5 Å². The van der Waals surface area contributed by atoms with Crippen molar-refractivity contribution >= 4 is 10.9 Å². The fourth-order valence-corrected chi connectivity index (χ4v) is 2.62. The van der Waals surface area contributed by atoms with Crippen LogP contribution >= 0.6 is 0 Å². The van der Waals surface area contributed by atoms with Crippen LogP contribution in [-0.4, -0.2) is 24.5 Å². The number of aromatic nitrogens is 5. The number of benzene rings is 1. The summed E-state index contributed by atoms with van der Waals surface area (Å²) in [6.07, 6.45) is 7.91. The van der Waals surface area contributed by atoms with Gasteiger partial charge in [0.2, 0.25) is 0 Å². The molecule has 0 unspecified atom stereocenters. The summed E-state index contributed by atoms with van der Waals surface area (Å²) in [7, 11) is 0. The molecule has 0 spiro atoms. The third-order valence-electron chi connectivity index (χ3n) is 3.79. The van der Waals surface area contributed by atoms with Gasteiger partial charge < -0.3 is 9.55 Å². The maximum atomic E-state index is 13.9. The fourth-order valence-electron chi connectivity index (χ4n) is 2.62. The molecule has 0 fully saturated rings. The second kappa shape index (κ2) is 5.64. The summed E-state index contributed by atoms with van der Waals surface area (Å²) < 4.78 is 16.0. The van der Waals surface area contributed by atoms with Gasteiger partial charge in [0, 0.05) is 42.6 Å². The van der Waals surface area contributed by atoms with E-state index in [1.165, 1.54) is 6.07 Å². The quantitative estimate of drug-likeness (QED) is 0.630. The van der Waals surface area contributed by atoms with Crippen molar-refractivity contribution in [1.29, 1.82) is 0 Å². The molecule has 0 saturated heterocycles. The molecule has 6 heteroatoms. The Hall–Kier alpha value is -3.02. The van der Waals surface area contributed by atoms with Gasteiger partial charge in [0.25, 0.3) is 0 Å². The largest absolute Gasteiger partial charge is 0.348 e. The summed E-state index contributed by atoms with van der Waals surface area (Å²) in [5.74, 6) is 0.412. The normalized spacial score (nSPS) is 11.2. The number of hydrogen-bond donors (Lipinski definition) is 1. The molecule has 4 aromatic rings. The van der Waals surface area contributed by atoms with E-state index in [2.05, 4.69) is 19.9 Å². The number of pyridine rings is 1. The second-order valence-electron chi connectivity index (χ2n) is 5.28. The number of hydrogen-bond acceptors (Lipinski definition) is 3. The maximum Gasteiger partial charge on any atom is 0.158 e. The first kappa shape index (κ1) is 13.6. The molecule has 3 heterocycles. The van der Waals surface area contributed by atoms with E-state index in [-0.39, 0.29) is 5.82 Å². The van der Waals surface area contributed by atoms with Crippen molar-refractivity contribution in [3.63, 3.8) is 0 Å². The zero-order valence-corrected chi connectivity index (χ0v) is 12.3. The molecule has 1 N–H and O–H groups in total. The molecule has 3 aromatic heterocycles. The highest BCUT2D eigenvalue weighted by Gasteiger charge is 2.10. The Labute approximate surface area is 131 Å². The Kier molecular flexibility index (Phi) is 3.34. The molecular formula is C17H14FN5. The van der Waals surface area contributed by atoms with Crippen LogP contribution in [0.3, 0.4) is 0 Å². The highest BCUT2D eigenvalue weighted by molar-refractivity contribution is 5.81. The molecule has 0 aliphatic carbocycles. The molecule has 0 aliphatic heterocycles. The first-order chi connectivity index (χ1) is 11.3. The summed E-state index contributed by atoms with van der Waals surface area (Å²) in [5.41, 5.74) is 2.09. The molecule has 4 rings (SSSR count). The summed E-state index contributed by atoms with van der Waals surface area (Å²) in [6.45, 7) is 0.745. The molecule has 0 amide bonds. The number of aromatic amines is 1. The van der Waals surface area contributed by atoms with Gasteiger partial charge in [0.05, 0.1) is 6.33 Å². The lowest BCUT2D eigenvalue weighted by Gasteiger charge is -2.08. The van der Waals surface area contributed by atoms with Crippen molar-refractivity contribution in [2.45, 2.75) is 13.0 Å². The number of nitrogens with one attached hydrogen (secondary N) is 1. The molecule has 0 aliphatic rings. The van der Waals surface area contributed by atoms with Crippen LogP contribution in [0.25, 0.3) is 22.4 Å². The first-order valence-electron chi connectivity index (χ1n) is 7.35. The standard InChI is InChI=1S/C17H14FN5/c18-14-3-1-2-12-4-5-15(22-16(12)14)17-20-7-9-23(17)8-6-13-10-19-11-21-13/h1-5,7,9-11H,6,8H2,(H,19,21). The van der Waals surface area contributed by atoms with Gasteiger partial charge in [-0.1, -0.05) is 18.2 Å². The lowest BCUT2D eigenvalue weighted by atomic mass is 10.2. The number of aryl methyl sites for hydroxylation is 2. The van der Waals surface area contributed by atoms with E-state index in [1.54, 1.807) is 24.8 Å². The SMILES string of the molecule is Fc1cccc2ccc(-c3nccn3CCc3cnc[nH]3)nc12. The number of para-hydroxylation sites is 1. The van der Waals surface area contributed by atoms with E-state index in [0.717, 1.165) is 29.9 Å². The molecule has 23 heavy (non-hydrogen) atoms. The van der Waals surface area contributed by atoms with Crippen molar-refractivity contribution in [2.24, 2.45) is 0 Å². The van der Waals surface area contributed by atoms with Crippen LogP contribution in [0, 0.1) is 5.82 Å². The summed E-state index contributed by atoms with van der Waals surface area (Å²) in [4.78, 5) is 15.9. The number of halogens is 1. The van der Waals surface area contributed by atoms with E-state index in [0.29, 0.717) is 11.2 Å². The van der Waals surface area contributed by atoms with E-state index >= 15 is 0 Å². The highest BCUT2D eigenvalue weighted by atomic mass is 19.1. The van der Waals surface area contributed by atoms with Crippen LogP contribution in [0.1, 0.15) is 5.69 Å². The topological polar surface area (TPSA) is 59.4 Å². The van der Waals surface area contributed by atoms with Crippen molar-refractivity contribution < 1.29 is 4.39 Å². The molecule has 1 aromatic carbocycles. The minimum atomic E-state index is -0.320. The third-order valence-corrected chi connectivity index (χ3v) is 3.79. The summed E-state index contributed by atoms with van der Waals surface area (Å²) in [5, 5.41) is 0.782. The Bertz CT molecular complexity index is 943. The lowest BCUT2D eigenvalue weighted by Crippen LogP contribution is -2.04. The predicted molar refractivity (Wildman–Crippen MR) is 85.2 cm³/mol.